The number of aliphatic hydroxyl groups is 1. The van der Waals surface area contributed by atoms with E-state index in [0.717, 1.165) is 24.5 Å². The van der Waals surface area contributed by atoms with Crippen LogP contribution in [0.25, 0.3) is 0 Å². The highest BCUT2D eigenvalue weighted by molar-refractivity contribution is 5.28. The normalized spacial score (nSPS) is 21.6. The minimum Gasteiger partial charge on any atom is -0.494 e. The zero-order valence-electron chi connectivity index (χ0n) is 10.8. The van der Waals surface area contributed by atoms with E-state index in [9.17, 15) is 5.11 Å². The Hall–Kier alpha value is -1.10. The average Bonchev–Trinajstić information content (AvgIpc) is 2.41. The van der Waals surface area contributed by atoms with E-state index in [1.807, 2.05) is 31.2 Å². The van der Waals surface area contributed by atoms with Crippen LogP contribution in [-0.4, -0.2) is 37.5 Å². The maximum atomic E-state index is 10.2. The Labute approximate surface area is 108 Å². The SMILES string of the molecule is CCOc1ccc(C(O)CC2COCCN2)cc1. The van der Waals surface area contributed by atoms with Crippen molar-refractivity contribution >= 4 is 0 Å². The lowest BCUT2D eigenvalue weighted by atomic mass is 10.0. The van der Waals surface area contributed by atoms with Crippen molar-refractivity contribution in [3.63, 3.8) is 0 Å². The highest BCUT2D eigenvalue weighted by Gasteiger charge is 2.18. The van der Waals surface area contributed by atoms with Crippen LogP contribution in [0, 0.1) is 0 Å². The standard InChI is InChI=1S/C14H21NO3/c1-2-18-13-5-3-11(4-6-13)14(16)9-12-10-17-8-7-15-12/h3-6,12,14-16H,2,7-10H2,1H3. The van der Waals surface area contributed by atoms with Crippen LogP contribution in [0.15, 0.2) is 24.3 Å². The van der Waals surface area contributed by atoms with E-state index in [2.05, 4.69) is 5.32 Å². The highest BCUT2D eigenvalue weighted by atomic mass is 16.5. The second-order valence-electron chi connectivity index (χ2n) is 4.48. The molecule has 1 aromatic rings. The molecule has 2 atom stereocenters. The van der Waals surface area contributed by atoms with E-state index < -0.39 is 6.10 Å². The maximum Gasteiger partial charge on any atom is 0.119 e. The molecule has 0 aliphatic carbocycles. The van der Waals surface area contributed by atoms with Crippen molar-refractivity contribution in [2.24, 2.45) is 0 Å². The van der Waals surface area contributed by atoms with Gasteiger partial charge in [0.25, 0.3) is 0 Å². The Morgan fingerprint density at radius 2 is 2.22 bits per heavy atom. The van der Waals surface area contributed by atoms with Gasteiger partial charge in [0.1, 0.15) is 5.75 Å². The Morgan fingerprint density at radius 3 is 2.83 bits per heavy atom. The van der Waals surface area contributed by atoms with E-state index in [1.54, 1.807) is 0 Å². The number of ether oxygens (including phenoxy) is 2. The summed E-state index contributed by atoms with van der Waals surface area (Å²) in [6.45, 7) is 4.91. The van der Waals surface area contributed by atoms with Gasteiger partial charge < -0.3 is 19.9 Å². The molecule has 1 saturated heterocycles. The first-order valence-corrected chi connectivity index (χ1v) is 6.51. The first kappa shape index (κ1) is 13.3. The van der Waals surface area contributed by atoms with Crippen LogP contribution in [0.5, 0.6) is 5.75 Å². The third-order valence-electron chi connectivity index (χ3n) is 3.08. The summed E-state index contributed by atoms with van der Waals surface area (Å²) in [5, 5.41) is 13.5. The molecule has 0 amide bonds. The number of morpholine rings is 1. The molecule has 2 unspecified atom stereocenters. The lowest BCUT2D eigenvalue weighted by molar-refractivity contribution is 0.0519. The van der Waals surface area contributed by atoms with Crippen LogP contribution in [0.3, 0.4) is 0 Å². The summed E-state index contributed by atoms with van der Waals surface area (Å²) >= 11 is 0. The zero-order valence-corrected chi connectivity index (χ0v) is 10.8. The van der Waals surface area contributed by atoms with Crippen molar-refractivity contribution in [3.8, 4) is 5.75 Å². The molecular formula is C14H21NO3. The molecular weight excluding hydrogens is 230 g/mol. The fraction of sp³-hybridized carbons (Fsp3) is 0.571. The maximum absolute atomic E-state index is 10.2. The smallest absolute Gasteiger partial charge is 0.119 e. The van der Waals surface area contributed by atoms with Gasteiger partial charge in [0, 0.05) is 12.6 Å². The van der Waals surface area contributed by atoms with Crippen molar-refractivity contribution in [1.82, 2.24) is 5.32 Å². The van der Waals surface area contributed by atoms with Crippen molar-refractivity contribution in [3.05, 3.63) is 29.8 Å². The second-order valence-corrected chi connectivity index (χ2v) is 4.48. The van der Waals surface area contributed by atoms with Crippen LogP contribution >= 0.6 is 0 Å². The number of rotatable bonds is 5. The molecule has 0 saturated carbocycles. The summed E-state index contributed by atoms with van der Waals surface area (Å²) < 4.78 is 10.8. The summed E-state index contributed by atoms with van der Waals surface area (Å²) in [6, 6.07) is 7.86. The molecule has 0 spiro atoms. The molecule has 1 aliphatic heterocycles. The summed E-state index contributed by atoms with van der Waals surface area (Å²) in [5.41, 5.74) is 0.922. The second kappa shape index (κ2) is 6.73. The van der Waals surface area contributed by atoms with Crippen molar-refractivity contribution in [2.75, 3.05) is 26.4 Å². The minimum atomic E-state index is -0.458. The van der Waals surface area contributed by atoms with Gasteiger partial charge in [-0.1, -0.05) is 12.1 Å². The van der Waals surface area contributed by atoms with Gasteiger partial charge in [-0.2, -0.15) is 0 Å². The predicted octanol–water partition coefficient (Wildman–Crippen LogP) is 1.50. The number of hydrogen-bond acceptors (Lipinski definition) is 4. The highest BCUT2D eigenvalue weighted by Crippen LogP contribution is 2.22. The molecule has 0 bridgehead atoms. The van der Waals surface area contributed by atoms with E-state index in [1.165, 1.54) is 0 Å². The molecule has 0 aromatic heterocycles. The number of nitrogens with one attached hydrogen (secondary N) is 1. The molecule has 4 nitrogen and oxygen atoms in total. The summed E-state index contributed by atoms with van der Waals surface area (Å²) in [4.78, 5) is 0. The molecule has 100 valence electrons. The lowest BCUT2D eigenvalue weighted by Gasteiger charge is -2.26. The Kier molecular flexibility index (Phi) is 4.99. The van der Waals surface area contributed by atoms with Crippen molar-refractivity contribution in [1.29, 1.82) is 0 Å². The monoisotopic (exact) mass is 251 g/mol. The Morgan fingerprint density at radius 1 is 1.44 bits per heavy atom. The molecule has 0 radical (unpaired) electrons. The number of aliphatic hydroxyl groups excluding tert-OH is 1. The number of hydrogen-bond donors (Lipinski definition) is 2. The van der Waals surface area contributed by atoms with E-state index >= 15 is 0 Å². The van der Waals surface area contributed by atoms with Gasteiger partial charge in [0.15, 0.2) is 0 Å². The van der Waals surface area contributed by atoms with Crippen LogP contribution in [0.1, 0.15) is 25.0 Å². The van der Waals surface area contributed by atoms with Gasteiger partial charge in [-0.05, 0) is 31.0 Å². The molecule has 1 fully saturated rings. The summed E-state index contributed by atoms with van der Waals surface area (Å²) in [5.74, 6) is 0.840. The third-order valence-corrected chi connectivity index (χ3v) is 3.08. The van der Waals surface area contributed by atoms with Crippen LogP contribution in [0.4, 0.5) is 0 Å². The zero-order chi connectivity index (χ0) is 12.8. The van der Waals surface area contributed by atoms with Gasteiger partial charge in [0.2, 0.25) is 0 Å². The first-order chi connectivity index (χ1) is 8.79. The molecule has 4 heteroatoms. The van der Waals surface area contributed by atoms with Gasteiger partial charge in [0.05, 0.1) is 25.9 Å². The molecule has 2 N–H and O–H groups in total. The van der Waals surface area contributed by atoms with Gasteiger partial charge in [-0.15, -0.1) is 0 Å². The quantitative estimate of drug-likeness (QED) is 0.832. The van der Waals surface area contributed by atoms with Gasteiger partial charge in [-0.25, -0.2) is 0 Å². The third kappa shape index (κ3) is 3.70. The predicted molar refractivity (Wildman–Crippen MR) is 69.8 cm³/mol. The molecule has 1 aromatic carbocycles. The molecule has 18 heavy (non-hydrogen) atoms. The first-order valence-electron chi connectivity index (χ1n) is 6.51. The minimum absolute atomic E-state index is 0.236. The molecule has 1 aliphatic rings. The molecule has 1 heterocycles. The fourth-order valence-electron chi connectivity index (χ4n) is 2.13. The van der Waals surface area contributed by atoms with E-state index in [4.69, 9.17) is 9.47 Å². The van der Waals surface area contributed by atoms with Gasteiger partial charge in [-0.3, -0.25) is 0 Å². The molecule has 2 rings (SSSR count). The van der Waals surface area contributed by atoms with Crippen molar-refractivity contribution < 1.29 is 14.6 Å². The topological polar surface area (TPSA) is 50.7 Å². The van der Waals surface area contributed by atoms with Gasteiger partial charge >= 0.3 is 0 Å². The fourth-order valence-corrected chi connectivity index (χ4v) is 2.13. The largest absolute Gasteiger partial charge is 0.494 e. The lowest BCUT2D eigenvalue weighted by Crippen LogP contribution is -2.42. The number of benzene rings is 1. The summed E-state index contributed by atoms with van der Waals surface area (Å²) in [7, 11) is 0. The van der Waals surface area contributed by atoms with E-state index in [0.29, 0.717) is 19.6 Å². The summed E-state index contributed by atoms with van der Waals surface area (Å²) in [6.07, 6.45) is 0.216. The Bertz CT molecular complexity index is 347. The van der Waals surface area contributed by atoms with Crippen LogP contribution in [-0.2, 0) is 4.74 Å². The van der Waals surface area contributed by atoms with Crippen LogP contribution < -0.4 is 10.1 Å². The van der Waals surface area contributed by atoms with Crippen molar-refractivity contribution in [2.45, 2.75) is 25.5 Å². The average molecular weight is 251 g/mol. The van der Waals surface area contributed by atoms with Crippen LogP contribution in [0.2, 0.25) is 0 Å². The van der Waals surface area contributed by atoms with E-state index in [-0.39, 0.29) is 6.04 Å². The Balaban J connectivity index is 1.89.